The lowest BCUT2D eigenvalue weighted by atomic mass is 9.94. The van der Waals surface area contributed by atoms with Gasteiger partial charge >= 0.3 is 0 Å². The number of ether oxygens (including phenoxy) is 4. The first-order chi connectivity index (χ1) is 12.2. The van der Waals surface area contributed by atoms with Gasteiger partial charge in [0, 0.05) is 12.1 Å². The monoisotopic (exact) mass is 342 g/mol. The minimum absolute atomic E-state index is 0.0514. The third-order valence-electron chi connectivity index (χ3n) is 4.79. The Kier molecular flexibility index (Phi) is 4.05. The van der Waals surface area contributed by atoms with Crippen molar-refractivity contribution in [3.05, 3.63) is 41.5 Å². The Labute approximate surface area is 147 Å². The second kappa shape index (κ2) is 6.37. The number of methoxy groups -OCH3 is 2. The van der Waals surface area contributed by atoms with Crippen molar-refractivity contribution in [1.82, 2.24) is 4.90 Å². The third-order valence-corrected chi connectivity index (χ3v) is 4.79. The average Bonchev–Trinajstić information content (AvgIpc) is 3.11. The molecule has 2 aliphatic rings. The molecule has 0 saturated heterocycles. The van der Waals surface area contributed by atoms with Crippen LogP contribution in [-0.2, 0) is 6.42 Å². The van der Waals surface area contributed by atoms with Gasteiger partial charge in [0.1, 0.15) is 11.9 Å². The van der Waals surface area contributed by atoms with Gasteiger partial charge in [-0.25, -0.2) is 0 Å². The zero-order chi connectivity index (χ0) is 17.4. The second-order valence-electron chi connectivity index (χ2n) is 6.19. The lowest BCUT2D eigenvalue weighted by Crippen LogP contribution is -2.37. The number of benzene rings is 2. The summed E-state index contributed by atoms with van der Waals surface area (Å²) in [5, 5.41) is 3.60. The van der Waals surface area contributed by atoms with E-state index in [1.54, 1.807) is 14.2 Å². The SMILES string of the molecule is COc1ccccc1N[C@@H]1c2c(cc3c(c2OC)OCO3)CCN1C. The first-order valence-electron chi connectivity index (χ1n) is 8.32. The van der Waals surface area contributed by atoms with E-state index in [4.69, 9.17) is 18.9 Å². The first-order valence-corrected chi connectivity index (χ1v) is 8.32. The van der Waals surface area contributed by atoms with Crippen molar-refractivity contribution in [3.63, 3.8) is 0 Å². The van der Waals surface area contributed by atoms with Gasteiger partial charge < -0.3 is 24.3 Å². The maximum Gasteiger partial charge on any atom is 0.231 e. The molecule has 2 aromatic carbocycles. The molecule has 0 bridgehead atoms. The maximum absolute atomic E-state index is 5.73. The van der Waals surface area contributed by atoms with Gasteiger partial charge in [-0.05, 0) is 37.2 Å². The molecule has 132 valence electrons. The Morgan fingerprint density at radius 1 is 1.16 bits per heavy atom. The molecule has 0 radical (unpaired) electrons. The summed E-state index contributed by atoms with van der Waals surface area (Å²) in [6.45, 7) is 1.16. The fraction of sp³-hybridized carbons (Fsp3) is 0.368. The van der Waals surface area contributed by atoms with Crippen molar-refractivity contribution < 1.29 is 18.9 Å². The highest BCUT2D eigenvalue weighted by Gasteiger charge is 2.34. The van der Waals surface area contributed by atoms with Gasteiger partial charge in [0.15, 0.2) is 11.5 Å². The molecule has 0 aliphatic carbocycles. The average molecular weight is 342 g/mol. The van der Waals surface area contributed by atoms with Crippen molar-refractivity contribution in [2.75, 3.05) is 39.9 Å². The quantitative estimate of drug-likeness (QED) is 0.922. The molecule has 1 atom stereocenters. The van der Waals surface area contributed by atoms with Crippen LogP contribution in [-0.4, -0.2) is 39.5 Å². The molecule has 0 fully saturated rings. The van der Waals surface area contributed by atoms with Gasteiger partial charge in [-0.3, -0.25) is 4.90 Å². The Morgan fingerprint density at radius 3 is 2.80 bits per heavy atom. The molecule has 0 saturated carbocycles. The summed E-state index contributed by atoms with van der Waals surface area (Å²) in [5.41, 5.74) is 3.24. The molecule has 2 aromatic rings. The van der Waals surface area contributed by atoms with Gasteiger partial charge in [-0.1, -0.05) is 12.1 Å². The van der Waals surface area contributed by atoms with Crippen molar-refractivity contribution >= 4 is 5.69 Å². The number of hydrogen-bond acceptors (Lipinski definition) is 6. The van der Waals surface area contributed by atoms with E-state index in [9.17, 15) is 0 Å². The number of para-hydroxylation sites is 2. The third kappa shape index (κ3) is 2.62. The van der Waals surface area contributed by atoms with E-state index < -0.39 is 0 Å². The fourth-order valence-electron chi connectivity index (χ4n) is 3.53. The van der Waals surface area contributed by atoms with Crippen LogP contribution in [0, 0.1) is 0 Å². The molecule has 2 aliphatic heterocycles. The Morgan fingerprint density at radius 2 is 2.00 bits per heavy atom. The summed E-state index contributed by atoms with van der Waals surface area (Å²) in [6.07, 6.45) is 0.882. The molecule has 6 nitrogen and oxygen atoms in total. The Balaban J connectivity index is 1.80. The van der Waals surface area contributed by atoms with Crippen LogP contribution >= 0.6 is 0 Å². The summed E-state index contributed by atoms with van der Waals surface area (Å²) < 4.78 is 22.4. The van der Waals surface area contributed by atoms with Crippen LogP contribution in [0.4, 0.5) is 5.69 Å². The van der Waals surface area contributed by atoms with Crippen LogP contribution in [0.25, 0.3) is 0 Å². The van der Waals surface area contributed by atoms with Crippen molar-refractivity contribution in [2.24, 2.45) is 0 Å². The van der Waals surface area contributed by atoms with Crippen molar-refractivity contribution in [3.8, 4) is 23.0 Å². The maximum atomic E-state index is 5.73. The standard InChI is InChI=1S/C19H22N2O4/c1-21-9-8-12-10-15-17(25-11-24-15)18(23-3)16(12)19(21)20-13-6-4-5-7-14(13)22-2/h4-7,10,19-20H,8-9,11H2,1-3H3/t19-/m0/s1. The number of nitrogens with one attached hydrogen (secondary N) is 1. The number of nitrogens with zero attached hydrogens (tertiary/aromatic N) is 1. The zero-order valence-corrected chi connectivity index (χ0v) is 14.7. The number of likely N-dealkylation sites (N-methyl/N-ethyl adjacent to an activating group) is 1. The molecule has 1 N–H and O–H groups in total. The largest absolute Gasteiger partial charge is 0.495 e. The molecule has 2 heterocycles. The van der Waals surface area contributed by atoms with E-state index in [1.165, 1.54) is 5.56 Å². The Bertz CT molecular complexity index is 793. The summed E-state index contributed by atoms with van der Waals surface area (Å²) in [4.78, 5) is 2.26. The highest BCUT2D eigenvalue weighted by atomic mass is 16.7. The second-order valence-corrected chi connectivity index (χ2v) is 6.19. The van der Waals surface area contributed by atoms with Gasteiger partial charge in [0.25, 0.3) is 0 Å². The fourth-order valence-corrected chi connectivity index (χ4v) is 3.53. The zero-order valence-electron chi connectivity index (χ0n) is 14.7. The van der Waals surface area contributed by atoms with Crippen LogP contribution in [0.5, 0.6) is 23.0 Å². The topological polar surface area (TPSA) is 52.2 Å². The van der Waals surface area contributed by atoms with Gasteiger partial charge in [-0.2, -0.15) is 0 Å². The smallest absolute Gasteiger partial charge is 0.231 e. The molecule has 6 heteroatoms. The van der Waals surface area contributed by atoms with Crippen molar-refractivity contribution in [2.45, 2.75) is 12.6 Å². The molecular weight excluding hydrogens is 320 g/mol. The van der Waals surface area contributed by atoms with Gasteiger partial charge in [-0.15, -0.1) is 0 Å². The minimum atomic E-state index is -0.0514. The minimum Gasteiger partial charge on any atom is -0.495 e. The lowest BCUT2D eigenvalue weighted by molar-refractivity contribution is 0.170. The predicted octanol–water partition coefficient (Wildman–Crippen LogP) is 3.03. The van der Waals surface area contributed by atoms with Gasteiger partial charge in [0.2, 0.25) is 12.5 Å². The predicted molar refractivity (Wildman–Crippen MR) is 94.8 cm³/mol. The molecule has 0 spiro atoms. The highest BCUT2D eigenvalue weighted by molar-refractivity contribution is 5.64. The molecule has 0 aromatic heterocycles. The number of anilines is 1. The number of hydrogen-bond donors (Lipinski definition) is 1. The number of rotatable bonds is 4. The summed E-state index contributed by atoms with van der Waals surface area (Å²) in [6, 6.07) is 9.99. The molecule has 0 amide bonds. The van der Waals surface area contributed by atoms with Crippen LogP contribution < -0.4 is 24.3 Å². The van der Waals surface area contributed by atoms with Crippen LogP contribution in [0.2, 0.25) is 0 Å². The number of fused-ring (bicyclic) bond motifs is 2. The highest BCUT2D eigenvalue weighted by Crippen LogP contribution is 2.49. The van der Waals surface area contributed by atoms with E-state index in [1.807, 2.05) is 24.3 Å². The van der Waals surface area contributed by atoms with Gasteiger partial charge in [0.05, 0.1) is 19.9 Å². The summed E-state index contributed by atoms with van der Waals surface area (Å²) in [7, 11) is 5.45. The molecule has 25 heavy (non-hydrogen) atoms. The van der Waals surface area contributed by atoms with E-state index in [0.29, 0.717) is 5.75 Å². The Hall–Kier alpha value is -2.60. The van der Waals surface area contributed by atoms with E-state index >= 15 is 0 Å². The van der Waals surface area contributed by atoms with E-state index in [0.717, 1.165) is 41.5 Å². The van der Waals surface area contributed by atoms with Crippen LogP contribution in [0.15, 0.2) is 30.3 Å². The molecule has 4 rings (SSSR count). The summed E-state index contributed by atoms with van der Waals surface area (Å²) >= 11 is 0. The van der Waals surface area contributed by atoms with E-state index in [2.05, 4.69) is 23.3 Å². The van der Waals surface area contributed by atoms with Crippen LogP contribution in [0.3, 0.4) is 0 Å². The molecule has 0 unspecified atom stereocenters. The lowest BCUT2D eigenvalue weighted by Gasteiger charge is -2.37. The first kappa shape index (κ1) is 15.9. The van der Waals surface area contributed by atoms with Crippen molar-refractivity contribution in [1.29, 1.82) is 0 Å². The van der Waals surface area contributed by atoms with E-state index in [-0.39, 0.29) is 13.0 Å². The molecular formula is C19H22N2O4. The van der Waals surface area contributed by atoms with Crippen LogP contribution in [0.1, 0.15) is 17.3 Å². The summed E-state index contributed by atoms with van der Waals surface area (Å²) in [5.74, 6) is 2.99. The normalized spacial score (nSPS) is 18.6.